The Morgan fingerprint density at radius 3 is 2.57 bits per heavy atom. The van der Waals surface area contributed by atoms with Crippen molar-refractivity contribution in [3.63, 3.8) is 0 Å². The van der Waals surface area contributed by atoms with Crippen LogP contribution < -0.4 is 5.32 Å². The predicted molar refractivity (Wildman–Crippen MR) is 117 cm³/mol. The molecule has 0 aliphatic heterocycles. The lowest BCUT2D eigenvalue weighted by Crippen LogP contribution is -2.24. The van der Waals surface area contributed by atoms with E-state index >= 15 is 0 Å². The Morgan fingerprint density at radius 1 is 1.00 bits per heavy atom. The van der Waals surface area contributed by atoms with Crippen LogP contribution in [-0.2, 0) is 24.2 Å². The zero-order valence-electron chi connectivity index (χ0n) is 17.6. The number of carbonyl (C=O) groups is 2. The standard InChI is InChI=1S/C25H27N3O2/c1-17-11-12-19(15-18(17)2)24(29)13-14-25(30)26-16-22-21-9-6-10-23(21)28(27-22)20-7-4-3-5-8-20/h3-5,7-8,11-12,15H,6,9-10,13-14,16H2,1-2H3,(H,26,30). The number of carbonyl (C=O) groups excluding carboxylic acids is 2. The molecule has 1 N–H and O–H groups in total. The van der Waals surface area contributed by atoms with Gasteiger partial charge in [-0.25, -0.2) is 4.68 Å². The van der Waals surface area contributed by atoms with E-state index in [1.54, 1.807) is 0 Å². The molecule has 0 saturated carbocycles. The first-order chi connectivity index (χ1) is 14.5. The Morgan fingerprint density at radius 2 is 1.80 bits per heavy atom. The molecule has 3 aromatic rings. The maximum Gasteiger partial charge on any atom is 0.220 e. The molecule has 1 aromatic heterocycles. The molecule has 0 spiro atoms. The van der Waals surface area contributed by atoms with Crippen molar-refractivity contribution in [2.24, 2.45) is 0 Å². The number of Topliss-reactive ketones (excluding diaryl/α,β-unsaturated/α-hetero) is 1. The Balaban J connectivity index is 1.36. The second-order valence-corrected chi connectivity index (χ2v) is 7.97. The topological polar surface area (TPSA) is 64.0 Å². The molecule has 0 fully saturated rings. The van der Waals surface area contributed by atoms with Crippen molar-refractivity contribution >= 4 is 11.7 Å². The van der Waals surface area contributed by atoms with Crippen LogP contribution in [0.1, 0.15) is 57.7 Å². The number of nitrogens with one attached hydrogen (secondary N) is 1. The number of benzene rings is 2. The van der Waals surface area contributed by atoms with Crippen molar-refractivity contribution < 1.29 is 9.59 Å². The minimum atomic E-state index is -0.117. The van der Waals surface area contributed by atoms with Gasteiger partial charge in [-0.1, -0.05) is 30.3 Å². The fraction of sp³-hybridized carbons (Fsp3) is 0.320. The van der Waals surface area contributed by atoms with Crippen LogP contribution in [0, 0.1) is 13.8 Å². The van der Waals surface area contributed by atoms with Crippen molar-refractivity contribution in [2.75, 3.05) is 0 Å². The van der Waals surface area contributed by atoms with Crippen molar-refractivity contribution in [1.82, 2.24) is 15.1 Å². The van der Waals surface area contributed by atoms with Crippen molar-refractivity contribution in [1.29, 1.82) is 0 Å². The maximum absolute atomic E-state index is 12.4. The Labute approximate surface area is 177 Å². The van der Waals surface area contributed by atoms with Gasteiger partial charge in [-0.05, 0) is 68.0 Å². The summed E-state index contributed by atoms with van der Waals surface area (Å²) in [4.78, 5) is 24.8. The summed E-state index contributed by atoms with van der Waals surface area (Å²) in [6, 6.07) is 15.8. The summed E-state index contributed by atoms with van der Waals surface area (Å²) in [5, 5.41) is 7.72. The van der Waals surface area contributed by atoms with E-state index in [9.17, 15) is 9.59 Å². The first kappa shape index (κ1) is 20.1. The molecule has 2 aromatic carbocycles. The van der Waals surface area contributed by atoms with Gasteiger partial charge in [0.05, 0.1) is 17.9 Å². The zero-order valence-corrected chi connectivity index (χ0v) is 17.6. The molecule has 0 unspecified atom stereocenters. The number of amides is 1. The molecule has 1 heterocycles. The first-order valence-corrected chi connectivity index (χ1v) is 10.5. The number of hydrogen-bond donors (Lipinski definition) is 1. The lowest BCUT2D eigenvalue weighted by atomic mass is 10.0. The van der Waals surface area contributed by atoms with Crippen LogP contribution in [0.2, 0.25) is 0 Å². The molecule has 30 heavy (non-hydrogen) atoms. The van der Waals surface area contributed by atoms with Crippen molar-refractivity contribution in [3.05, 3.63) is 82.2 Å². The average Bonchev–Trinajstić information content (AvgIpc) is 3.36. The molecule has 1 amide bonds. The van der Waals surface area contributed by atoms with E-state index in [4.69, 9.17) is 5.10 Å². The minimum Gasteiger partial charge on any atom is -0.350 e. The Bertz CT molecular complexity index is 1080. The van der Waals surface area contributed by atoms with Crippen LogP contribution in [0.4, 0.5) is 0 Å². The minimum absolute atomic E-state index is 0.00231. The molecule has 1 aliphatic carbocycles. The molecule has 0 atom stereocenters. The second-order valence-electron chi connectivity index (χ2n) is 7.97. The number of para-hydroxylation sites is 1. The lowest BCUT2D eigenvalue weighted by Gasteiger charge is -2.06. The third-order valence-corrected chi connectivity index (χ3v) is 5.88. The van der Waals surface area contributed by atoms with Gasteiger partial charge in [0.25, 0.3) is 0 Å². The number of aromatic nitrogens is 2. The average molecular weight is 402 g/mol. The molecule has 0 saturated heterocycles. The van der Waals surface area contributed by atoms with E-state index in [0.717, 1.165) is 41.8 Å². The first-order valence-electron chi connectivity index (χ1n) is 10.5. The SMILES string of the molecule is Cc1ccc(C(=O)CCC(=O)NCc2nn(-c3ccccc3)c3c2CCC3)cc1C. The van der Waals surface area contributed by atoms with Crippen LogP contribution >= 0.6 is 0 Å². The summed E-state index contributed by atoms with van der Waals surface area (Å²) in [6.07, 6.45) is 3.53. The highest BCUT2D eigenvalue weighted by Crippen LogP contribution is 2.27. The molecule has 4 rings (SSSR count). The molecule has 0 radical (unpaired) electrons. The zero-order chi connectivity index (χ0) is 21.1. The monoisotopic (exact) mass is 401 g/mol. The fourth-order valence-electron chi connectivity index (χ4n) is 4.00. The van der Waals surface area contributed by atoms with Gasteiger partial charge < -0.3 is 5.32 Å². The third-order valence-electron chi connectivity index (χ3n) is 5.88. The van der Waals surface area contributed by atoms with Crippen LogP contribution in [0.15, 0.2) is 48.5 Å². The van der Waals surface area contributed by atoms with Gasteiger partial charge in [0.2, 0.25) is 5.91 Å². The molecule has 1 aliphatic rings. The van der Waals surface area contributed by atoms with Gasteiger partial charge in [-0.15, -0.1) is 0 Å². The van der Waals surface area contributed by atoms with Crippen LogP contribution in [0.25, 0.3) is 5.69 Å². The number of aryl methyl sites for hydroxylation is 2. The molecule has 5 heteroatoms. The van der Waals surface area contributed by atoms with Crippen LogP contribution in [0.5, 0.6) is 0 Å². The quantitative estimate of drug-likeness (QED) is 0.602. The van der Waals surface area contributed by atoms with E-state index in [0.29, 0.717) is 12.1 Å². The lowest BCUT2D eigenvalue weighted by molar-refractivity contribution is -0.121. The van der Waals surface area contributed by atoms with E-state index in [2.05, 4.69) is 5.32 Å². The van der Waals surface area contributed by atoms with Crippen molar-refractivity contribution in [2.45, 2.75) is 52.5 Å². The number of rotatable bonds is 7. The third kappa shape index (κ3) is 4.20. The van der Waals surface area contributed by atoms with Gasteiger partial charge in [0.1, 0.15) is 0 Å². The van der Waals surface area contributed by atoms with E-state index < -0.39 is 0 Å². The maximum atomic E-state index is 12.4. The Kier molecular flexibility index (Phi) is 5.79. The molecule has 0 bridgehead atoms. The summed E-state index contributed by atoms with van der Waals surface area (Å²) in [6.45, 7) is 4.41. The van der Waals surface area contributed by atoms with Gasteiger partial charge in [0.15, 0.2) is 5.78 Å². The largest absolute Gasteiger partial charge is 0.350 e. The summed E-state index contributed by atoms with van der Waals surface area (Å²) < 4.78 is 2.01. The smallest absolute Gasteiger partial charge is 0.220 e. The predicted octanol–water partition coefficient (Wildman–Crippen LogP) is 4.26. The molecular weight excluding hydrogens is 374 g/mol. The van der Waals surface area contributed by atoms with Gasteiger partial charge in [-0.2, -0.15) is 5.10 Å². The molecular formula is C25H27N3O2. The number of fused-ring (bicyclic) bond motifs is 1. The second kappa shape index (κ2) is 8.66. The summed E-state index contributed by atoms with van der Waals surface area (Å²) in [7, 11) is 0. The van der Waals surface area contributed by atoms with E-state index in [-0.39, 0.29) is 24.5 Å². The van der Waals surface area contributed by atoms with Crippen molar-refractivity contribution in [3.8, 4) is 5.69 Å². The number of ketones is 1. The van der Waals surface area contributed by atoms with Gasteiger partial charge >= 0.3 is 0 Å². The van der Waals surface area contributed by atoms with Crippen LogP contribution in [0.3, 0.4) is 0 Å². The van der Waals surface area contributed by atoms with E-state index in [1.165, 1.54) is 11.3 Å². The highest BCUT2D eigenvalue weighted by atomic mass is 16.2. The highest BCUT2D eigenvalue weighted by Gasteiger charge is 2.23. The number of hydrogen-bond acceptors (Lipinski definition) is 3. The molecule has 5 nitrogen and oxygen atoms in total. The summed E-state index contributed by atoms with van der Waals surface area (Å²) in [5.74, 6) is -0.115. The fourth-order valence-corrected chi connectivity index (χ4v) is 4.00. The normalized spacial score (nSPS) is 12.6. The van der Waals surface area contributed by atoms with Gasteiger partial charge in [0, 0.05) is 24.1 Å². The Hall–Kier alpha value is -3.21. The summed E-state index contributed by atoms with van der Waals surface area (Å²) >= 11 is 0. The van der Waals surface area contributed by atoms with E-state index in [1.807, 2.05) is 67.1 Å². The number of nitrogens with zero attached hydrogens (tertiary/aromatic N) is 2. The summed E-state index contributed by atoms with van der Waals surface area (Å²) in [5.41, 5.74) is 7.40. The van der Waals surface area contributed by atoms with Gasteiger partial charge in [-0.3, -0.25) is 9.59 Å². The van der Waals surface area contributed by atoms with Crippen LogP contribution in [-0.4, -0.2) is 21.5 Å². The highest BCUT2D eigenvalue weighted by molar-refractivity contribution is 5.98. The molecule has 154 valence electrons.